The van der Waals surface area contributed by atoms with Crippen molar-refractivity contribution in [2.75, 3.05) is 7.05 Å². The Morgan fingerprint density at radius 1 is 0.878 bits per heavy atom. The van der Waals surface area contributed by atoms with Gasteiger partial charge >= 0.3 is 20.1 Å². The summed E-state index contributed by atoms with van der Waals surface area (Å²) in [6.07, 6.45) is 28.7. The first-order valence-corrected chi connectivity index (χ1v) is 16.3. The fraction of sp³-hybridized carbons (Fsp3) is 0.156. The number of allylic oxidation sites excluding steroid dienone is 10. The van der Waals surface area contributed by atoms with Crippen molar-refractivity contribution in [3.05, 3.63) is 210 Å². The van der Waals surface area contributed by atoms with Crippen molar-refractivity contribution in [2.24, 2.45) is 9.98 Å². The molecule has 0 bridgehead atoms. The second-order valence-electron chi connectivity index (χ2n) is 10.7. The molecule has 49 heavy (non-hydrogen) atoms. The number of benzene rings is 3. The van der Waals surface area contributed by atoms with E-state index in [-0.39, 0.29) is 20.1 Å². The molecule has 0 spiro atoms. The molecule has 0 atom stereocenters. The van der Waals surface area contributed by atoms with Crippen LogP contribution in [0.5, 0.6) is 0 Å². The zero-order valence-electron chi connectivity index (χ0n) is 29.0. The molecule has 0 N–H and O–H groups in total. The third-order valence-electron chi connectivity index (χ3n) is 7.23. The zero-order chi connectivity index (χ0) is 34.2. The van der Waals surface area contributed by atoms with Crippen LogP contribution < -0.4 is 0 Å². The number of nitrogens with zero attached hydrogens (tertiary/aromatic N) is 3. The Kier molecular flexibility index (Phi) is 20.0. The average Bonchev–Trinajstić information content (AvgIpc) is 3.13. The molecule has 1 aliphatic heterocycles. The minimum absolute atomic E-state index is 0. The first kappa shape index (κ1) is 40.3. The van der Waals surface area contributed by atoms with Crippen molar-refractivity contribution in [1.29, 1.82) is 0 Å². The first-order chi connectivity index (χ1) is 23.6. The number of rotatable bonds is 7. The zero-order valence-corrected chi connectivity index (χ0v) is 31.4. The Balaban J connectivity index is 0.000000253. The Bertz CT molecular complexity index is 1770. The molecule has 1 aliphatic rings. The number of hydrogen-bond donors (Lipinski definition) is 0. The summed E-state index contributed by atoms with van der Waals surface area (Å²) >= 11 is 0. The molecule has 0 radical (unpaired) electrons. The molecular formula is C45H46IrN3. The van der Waals surface area contributed by atoms with Crippen LogP contribution in [0.4, 0.5) is 0 Å². The largest absolute Gasteiger partial charge is 3.00 e. The number of hydrogen-bond acceptors (Lipinski definition) is 3. The van der Waals surface area contributed by atoms with Crippen molar-refractivity contribution in [1.82, 2.24) is 4.98 Å². The number of aliphatic imine (C=N–C) groups is 2. The second kappa shape index (κ2) is 24.3. The van der Waals surface area contributed by atoms with Crippen molar-refractivity contribution in [2.45, 2.75) is 40.0 Å². The molecule has 0 saturated heterocycles. The third-order valence-corrected chi connectivity index (χ3v) is 7.23. The summed E-state index contributed by atoms with van der Waals surface area (Å²) in [4.78, 5) is 13.3. The monoisotopic (exact) mass is 821 g/mol. The van der Waals surface area contributed by atoms with E-state index >= 15 is 0 Å². The summed E-state index contributed by atoms with van der Waals surface area (Å²) in [6, 6.07) is 32.6. The van der Waals surface area contributed by atoms with Crippen molar-refractivity contribution in [3.63, 3.8) is 0 Å². The fourth-order valence-electron chi connectivity index (χ4n) is 4.79. The molecule has 4 heteroatoms. The molecule has 0 amide bonds. The molecule has 0 fully saturated rings. The van der Waals surface area contributed by atoms with Crippen LogP contribution in [-0.4, -0.2) is 23.5 Å². The van der Waals surface area contributed by atoms with E-state index in [1.165, 1.54) is 22.3 Å². The number of pyridine rings is 1. The molecule has 0 saturated carbocycles. The Hall–Kier alpha value is -4.89. The van der Waals surface area contributed by atoms with Gasteiger partial charge in [0, 0.05) is 25.9 Å². The predicted octanol–water partition coefficient (Wildman–Crippen LogP) is 10.9. The van der Waals surface area contributed by atoms with E-state index in [0.29, 0.717) is 0 Å². The smallest absolute Gasteiger partial charge is 0.336 e. The van der Waals surface area contributed by atoms with E-state index < -0.39 is 0 Å². The van der Waals surface area contributed by atoms with Gasteiger partial charge in [-0.05, 0) is 67.8 Å². The maximum atomic E-state index is 4.47. The van der Waals surface area contributed by atoms with Crippen LogP contribution in [0.3, 0.4) is 0 Å². The van der Waals surface area contributed by atoms with Crippen LogP contribution in [0, 0.1) is 32.9 Å². The van der Waals surface area contributed by atoms with E-state index in [0.717, 1.165) is 47.5 Å². The Morgan fingerprint density at radius 3 is 2.33 bits per heavy atom. The van der Waals surface area contributed by atoms with Gasteiger partial charge in [-0.2, -0.15) is 0 Å². The van der Waals surface area contributed by atoms with Gasteiger partial charge < -0.3 is 9.98 Å². The van der Waals surface area contributed by atoms with E-state index in [9.17, 15) is 0 Å². The molecule has 5 rings (SSSR count). The van der Waals surface area contributed by atoms with Crippen LogP contribution in [0.25, 0.3) is 6.08 Å². The van der Waals surface area contributed by atoms with Gasteiger partial charge in [-0.1, -0.05) is 78.4 Å². The van der Waals surface area contributed by atoms with Crippen LogP contribution in [0.1, 0.15) is 58.8 Å². The van der Waals surface area contributed by atoms with Gasteiger partial charge in [-0.15, -0.1) is 77.9 Å². The van der Waals surface area contributed by atoms with Crippen molar-refractivity contribution >= 4 is 17.5 Å². The van der Waals surface area contributed by atoms with E-state index in [4.69, 9.17) is 0 Å². The summed E-state index contributed by atoms with van der Waals surface area (Å²) in [6.45, 7) is 9.87. The molecule has 3 nitrogen and oxygen atoms in total. The molecule has 0 aliphatic carbocycles. The van der Waals surface area contributed by atoms with E-state index in [1.54, 1.807) is 6.08 Å². The fourth-order valence-corrected chi connectivity index (χ4v) is 4.79. The van der Waals surface area contributed by atoms with Gasteiger partial charge in [0.25, 0.3) is 0 Å². The molecule has 250 valence electrons. The van der Waals surface area contributed by atoms with Gasteiger partial charge in [0.05, 0.1) is 5.69 Å². The maximum absolute atomic E-state index is 4.47. The summed E-state index contributed by atoms with van der Waals surface area (Å²) in [5.74, 6) is 0. The molecule has 3 aromatic carbocycles. The van der Waals surface area contributed by atoms with E-state index in [2.05, 4.69) is 103 Å². The van der Waals surface area contributed by atoms with Crippen molar-refractivity contribution < 1.29 is 20.1 Å². The number of aromatic nitrogens is 1. The van der Waals surface area contributed by atoms with Gasteiger partial charge in [0.15, 0.2) is 0 Å². The first-order valence-electron chi connectivity index (χ1n) is 16.3. The summed E-state index contributed by atoms with van der Waals surface area (Å²) in [7, 11) is 1.82. The standard InChI is InChI=1S/2C15H14N.C15H18N.Ir/c1-12-8-6-7-11-14(12)15(16-2)13-9-4-3-5-10-13;1-2-4-9-13-16-15(12-8-3-1)14-10-6-5-7-11-14;1-4-6-7-8-10-15-14(9-5-2)13(3)11-12-16-15;/h3-9,11H,1-2H3;1-3,5-10,13H,4,12H2;4-9,11-12H,1,10H2,2-3H3;/q3*-1;+3/b;2-1-,8-3-,13-9-,16-15?;6-4-,8-7-,9-5-;. The Labute approximate surface area is 308 Å². The van der Waals surface area contributed by atoms with Gasteiger partial charge in [0.2, 0.25) is 0 Å². The normalized spacial score (nSPS) is 14.9. The SMILES string of the molecule is CN=C(c1[c-]cccc1)c1ccccc1C.[CH2-]/C=C\C=C/Cc1nccc(C)c1/C=C\C.[Ir+3].[c-]1ccccc1C1=N/C=C\C/C=C\C=C/C1. The van der Waals surface area contributed by atoms with Crippen molar-refractivity contribution in [3.8, 4) is 0 Å². The third kappa shape index (κ3) is 14.4. The van der Waals surface area contributed by atoms with Crippen LogP contribution in [-0.2, 0) is 26.5 Å². The molecular weight excluding hydrogens is 775 g/mol. The average molecular weight is 821 g/mol. The second-order valence-corrected chi connectivity index (χ2v) is 10.7. The van der Waals surface area contributed by atoms with E-state index in [1.807, 2.05) is 111 Å². The molecule has 4 aromatic rings. The summed E-state index contributed by atoms with van der Waals surface area (Å²) < 4.78 is 0. The number of aryl methyl sites for hydroxylation is 2. The van der Waals surface area contributed by atoms with Crippen LogP contribution in [0.2, 0.25) is 0 Å². The summed E-state index contributed by atoms with van der Waals surface area (Å²) in [5, 5.41) is 0. The van der Waals surface area contributed by atoms with Gasteiger partial charge in [0.1, 0.15) is 0 Å². The van der Waals surface area contributed by atoms with Crippen LogP contribution >= 0.6 is 0 Å². The molecule has 2 heterocycles. The topological polar surface area (TPSA) is 37.6 Å². The maximum Gasteiger partial charge on any atom is 3.00 e. The minimum atomic E-state index is 0. The minimum Gasteiger partial charge on any atom is -0.336 e. The van der Waals surface area contributed by atoms with Gasteiger partial charge in [-0.3, -0.25) is 4.98 Å². The molecule has 0 unspecified atom stereocenters. The molecule has 1 aromatic heterocycles. The quantitative estimate of drug-likeness (QED) is 0.104. The van der Waals surface area contributed by atoms with Crippen LogP contribution in [0.15, 0.2) is 162 Å². The summed E-state index contributed by atoms with van der Waals surface area (Å²) in [5.41, 5.74) is 10.2. The Morgan fingerprint density at radius 2 is 1.63 bits per heavy atom. The van der Waals surface area contributed by atoms with Gasteiger partial charge in [-0.25, -0.2) is 19.1 Å². The predicted molar refractivity (Wildman–Crippen MR) is 208 cm³/mol.